The third-order valence-electron chi connectivity index (χ3n) is 4.09. The molecule has 1 amide bonds. The molecule has 3 nitrogen and oxygen atoms in total. The molecule has 3 rings (SSSR count). The van der Waals surface area contributed by atoms with Crippen LogP contribution in [0.15, 0.2) is 36.4 Å². The Morgan fingerprint density at radius 3 is 2.73 bits per heavy atom. The molecule has 4 heteroatoms. The number of likely N-dealkylation sites (N-methyl/N-ethyl adjacent to an activating group) is 1. The van der Waals surface area contributed by atoms with Crippen molar-refractivity contribution in [3.63, 3.8) is 0 Å². The van der Waals surface area contributed by atoms with Crippen molar-refractivity contribution in [2.75, 3.05) is 20.6 Å². The Bertz CT molecular complexity index is 627. The minimum Gasteiger partial charge on any atom is -0.339 e. The van der Waals surface area contributed by atoms with E-state index in [4.69, 9.17) is 0 Å². The van der Waals surface area contributed by atoms with Gasteiger partial charge in [-0.25, -0.2) is 0 Å². The fourth-order valence-corrected chi connectivity index (χ4v) is 4.17. The largest absolute Gasteiger partial charge is 0.339 e. The number of hydrogen-bond donors (Lipinski definition) is 2. The van der Waals surface area contributed by atoms with Crippen LogP contribution < -0.4 is 10.2 Å². The Kier molecular flexibility index (Phi) is 4.60. The van der Waals surface area contributed by atoms with Crippen LogP contribution in [-0.4, -0.2) is 26.5 Å². The zero-order chi connectivity index (χ0) is 15.5. The minimum absolute atomic E-state index is 0.0515. The molecule has 0 spiro atoms. The minimum atomic E-state index is 0.0515. The van der Waals surface area contributed by atoms with Gasteiger partial charge in [0, 0.05) is 4.88 Å². The highest BCUT2D eigenvalue weighted by Gasteiger charge is 2.22. The van der Waals surface area contributed by atoms with Crippen LogP contribution in [0.5, 0.6) is 0 Å². The van der Waals surface area contributed by atoms with Crippen molar-refractivity contribution >= 4 is 17.2 Å². The highest BCUT2D eigenvalue weighted by Crippen LogP contribution is 2.30. The van der Waals surface area contributed by atoms with Crippen LogP contribution in [0, 0.1) is 0 Å². The van der Waals surface area contributed by atoms with Crippen molar-refractivity contribution in [1.29, 1.82) is 0 Å². The number of aryl methyl sites for hydroxylation is 2. The standard InChI is InChI=1S/C18H22N2OS/c1-20(2)12-15(13-7-4-3-5-8-13)19-18(21)17-11-14-9-6-10-16(14)22-17/h3-5,7-8,11,15H,6,9-10,12H2,1-2H3,(H,19,21)/p+1/t15-/m1/s1. The fourth-order valence-electron chi connectivity index (χ4n) is 3.02. The fraction of sp³-hybridized carbons (Fsp3) is 0.389. The Morgan fingerprint density at radius 2 is 2.05 bits per heavy atom. The number of rotatable bonds is 5. The molecule has 1 aliphatic carbocycles. The van der Waals surface area contributed by atoms with Crippen LogP contribution in [-0.2, 0) is 12.8 Å². The molecule has 2 N–H and O–H groups in total. The summed E-state index contributed by atoms with van der Waals surface area (Å²) < 4.78 is 0. The van der Waals surface area contributed by atoms with Gasteiger partial charge >= 0.3 is 0 Å². The smallest absolute Gasteiger partial charge is 0.262 e. The molecule has 1 aromatic carbocycles. The van der Waals surface area contributed by atoms with Crippen molar-refractivity contribution < 1.29 is 9.69 Å². The first-order valence-corrected chi connectivity index (χ1v) is 8.71. The van der Waals surface area contributed by atoms with E-state index in [2.05, 4.69) is 37.6 Å². The third kappa shape index (κ3) is 3.39. The molecule has 116 valence electrons. The Balaban J connectivity index is 1.76. The number of benzene rings is 1. The van der Waals surface area contributed by atoms with E-state index in [0.717, 1.165) is 24.3 Å². The molecule has 0 saturated heterocycles. The van der Waals surface area contributed by atoms with Gasteiger partial charge in [-0.1, -0.05) is 30.3 Å². The van der Waals surface area contributed by atoms with Gasteiger partial charge in [-0.2, -0.15) is 0 Å². The maximum absolute atomic E-state index is 12.6. The van der Waals surface area contributed by atoms with Crippen molar-refractivity contribution in [3.05, 3.63) is 57.3 Å². The number of hydrogen-bond acceptors (Lipinski definition) is 2. The SMILES string of the molecule is C[NH+](C)C[C@@H](NC(=O)c1cc2c(s1)CCC2)c1ccccc1. The zero-order valence-corrected chi connectivity index (χ0v) is 14.0. The molecule has 2 aromatic rings. The lowest BCUT2D eigenvalue weighted by Crippen LogP contribution is -3.06. The summed E-state index contributed by atoms with van der Waals surface area (Å²) in [4.78, 5) is 16.2. The summed E-state index contributed by atoms with van der Waals surface area (Å²) in [7, 11) is 4.23. The molecule has 0 unspecified atom stereocenters. The van der Waals surface area contributed by atoms with Crippen molar-refractivity contribution in [2.24, 2.45) is 0 Å². The molecular formula is C18H23N2OS+. The molecule has 0 radical (unpaired) electrons. The Labute approximate surface area is 136 Å². The van der Waals surface area contributed by atoms with E-state index >= 15 is 0 Å². The van der Waals surface area contributed by atoms with E-state index in [0.29, 0.717) is 0 Å². The van der Waals surface area contributed by atoms with Gasteiger partial charge in [-0.3, -0.25) is 4.79 Å². The van der Waals surface area contributed by atoms with E-state index in [1.165, 1.54) is 27.3 Å². The van der Waals surface area contributed by atoms with Crippen LogP contribution in [0.1, 0.15) is 38.1 Å². The molecular weight excluding hydrogens is 292 g/mol. The van der Waals surface area contributed by atoms with Crippen LogP contribution in [0.2, 0.25) is 0 Å². The predicted octanol–water partition coefficient (Wildman–Crippen LogP) is 1.85. The van der Waals surface area contributed by atoms with Gasteiger partial charge in [0.05, 0.1) is 19.0 Å². The first-order valence-electron chi connectivity index (χ1n) is 7.90. The van der Waals surface area contributed by atoms with E-state index < -0.39 is 0 Å². The molecule has 1 aromatic heterocycles. The van der Waals surface area contributed by atoms with Gasteiger partial charge in [-0.15, -0.1) is 11.3 Å². The molecule has 1 aliphatic rings. The normalized spacial score (nSPS) is 14.9. The summed E-state index contributed by atoms with van der Waals surface area (Å²) in [6.45, 7) is 0.876. The van der Waals surface area contributed by atoms with E-state index in [1.54, 1.807) is 11.3 Å². The van der Waals surface area contributed by atoms with Crippen molar-refractivity contribution in [3.8, 4) is 0 Å². The molecule has 1 heterocycles. The lowest BCUT2D eigenvalue weighted by Gasteiger charge is -2.20. The van der Waals surface area contributed by atoms with Gasteiger partial charge in [0.25, 0.3) is 5.91 Å². The second-order valence-electron chi connectivity index (χ2n) is 6.26. The second kappa shape index (κ2) is 6.63. The first-order chi connectivity index (χ1) is 10.6. The quantitative estimate of drug-likeness (QED) is 0.867. The topological polar surface area (TPSA) is 33.5 Å². The molecule has 0 saturated carbocycles. The number of thiophene rings is 1. The lowest BCUT2D eigenvalue weighted by molar-refractivity contribution is -0.860. The monoisotopic (exact) mass is 315 g/mol. The average Bonchev–Trinajstić information content (AvgIpc) is 3.08. The molecule has 0 aliphatic heterocycles. The highest BCUT2D eigenvalue weighted by atomic mass is 32.1. The van der Waals surface area contributed by atoms with E-state index in [-0.39, 0.29) is 11.9 Å². The van der Waals surface area contributed by atoms with Gasteiger partial charge in [-0.05, 0) is 36.5 Å². The predicted molar refractivity (Wildman–Crippen MR) is 90.7 cm³/mol. The van der Waals surface area contributed by atoms with E-state index in [9.17, 15) is 4.79 Å². The summed E-state index contributed by atoms with van der Waals surface area (Å²) in [5, 5.41) is 3.22. The first kappa shape index (κ1) is 15.3. The number of fused-ring (bicyclic) bond motifs is 1. The average molecular weight is 315 g/mol. The molecule has 0 fully saturated rings. The summed E-state index contributed by atoms with van der Waals surface area (Å²) >= 11 is 1.67. The van der Waals surface area contributed by atoms with Crippen LogP contribution >= 0.6 is 11.3 Å². The van der Waals surface area contributed by atoms with Gasteiger partial charge < -0.3 is 10.2 Å². The summed E-state index contributed by atoms with van der Waals surface area (Å²) in [6.07, 6.45) is 3.50. The lowest BCUT2D eigenvalue weighted by atomic mass is 10.1. The van der Waals surface area contributed by atoms with Crippen LogP contribution in [0.3, 0.4) is 0 Å². The van der Waals surface area contributed by atoms with Crippen LogP contribution in [0.25, 0.3) is 0 Å². The number of carbonyl (C=O) groups is 1. The summed E-state index contributed by atoms with van der Waals surface area (Å²) in [5.41, 5.74) is 2.55. The molecule has 22 heavy (non-hydrogen) atoms. The van der Waals surface area contributed by atoms with Crippen LogP contribution in [0.4, 0.5) is 0 Å². The summed E-state index contributed by atoms with van der Waals surface area (Å²) in [6, 6.07) is 12.4. The molecule has 1 atom stereocenters. The van der Waals surface area contributed by atoms with Gasteiger partial charge in [0.15, 0.2) is 0 Å². The second-order valence-corrected chi connectivity index (χ2v) is 7.40. The Morgan fingerprint density at radius 1 is 1.27 bits per heavy atom. The third-order valence-corrected chi connectivity index (χ3v) is 5.33. The maximum Gasteiger partial charge on any atom is 0.262 e. The zero-order valence-electron chi connectivity index (χ0n) is 13.2. The number of amides is 1. The Hall–Kier alpha value is -1.65. The number of nitrogens with one attached hydrogen (secondary N) is 2. The summed E-state index contributed by atoms with van der Waals surface area (Å²) in [5.74, 6) is 0.0644. The van der Waals surface area contributed by atoms with Crippen molar-refractivity contribution in [2.45, 2.75) is 25.3 Å². The van der Waals surface area contributed by atoms with E-state index in [1.807, 2.05) is 18.2 Å². The number of quaternary nitrogens is 1. The highest BCUT2D eigenvalue weighted by molar-refractivity contribution is 7.14. The molecule has 0 bridgehead atoms. The number of carbonyl (C=O) groups excluding carboxylic acids is 1. The van der Waals surface area contributed by atoms with Crippen molar-refractivity contribution in [1.82, 2.24) is 5.32 Å². The maximum atomic E-state index is 12.6. The van der Waals surface area contributed by atoms with Gasteiger partial charge in [0.2, 0.25) is 0 Å². The van der Waals surface area contributed by atoms with Gasteiger partial charge in [0.1, 0.15) is 12.6 Å².